The van der Waals surface area contributed by atoms with Crippen LogP contribution in [0.2, 0.25) is 5.02 Å². The van der Waals surface area contributed by atoms with Crippen LogP contribution in [0.3, 0.4) is 0 Å². The van der Waals surface area contributed by atoms with Gasteiger partial charge in [0.2, 0.25) is 12.4 Å². The SMILES string of the molecule is Cc1c(N(C)C(=O)N(C=O)Cc2ccc3ccccc3c2Cl)nc(Nc2ccncc2)n1C. The third kappa shape index (κ3) is 4.38. The van der Waals surface area contributed by atoms with Crippen molar-refractivity contribution in [2.75, 3.05) is 17.3 Å². The van der Waals surface area contributed by atoms with E-state index in [1.807, 2.05) is 67.1 Å². The van der Waals surface area contributed by atoms with Gasteiger partial charge in [0, 0.05) is 37.6 Å². The standard InChI is InChI=1S/C24H23ClN6O2/c1-16-22(28-23(29(16)2)27-19-10-12-26-13-11-19)30(3)24(33)31(15-32)14-18-9-8-17-6-4-5-7-20(17)21(18)25/h4-13,15H,14H2,1-3H3,(H,26,27,28). The molecule has 2 aromatic heterocycles. The molecule has 0 spiro atoms. The highest BCUT2D eigenvalue weighted by molar-refractivity contribution is 6.36. The van der Waals surface area contributed by atoms with Crippen LogP contribution in [0.1, 0.15) is 11.3 Å². The van der Waals surface area contributed by atoms with E-state index in [2.05, 4.69) is 15.3 Å². The van der Waals surface area contributed by atoms with Crippen LogP contribution in [-0.2, 0) is 18.4 Å². The number of imidazole rings is 1. The first kappa shape index (κ1) is 22.3. The van der Waals surface area contributed by atoms with E-state index < -0.39 is 6.03 Å². The number of amides is 3. The Balaban J connectivity index is 1.57. The number of carbonyl (C=O) groups is 2. The highest BCUT2D eigenvalue weighted by Gasteiger charge is 2.25. The van der Waals surface area contributed by atoms with Crippen LogP contribution in [0.15, 0.2) is 60.9 Å². The van der Waals surface area contributed by atoms with Gasteiger partial charge in [-0.25, -0.2) is 4.79 Å². The van der Waals surface area contributed by atoms with E-state index >= 15 is 0 Å². The number of fused-ring (bicyclic) bond motifs is 1. The van der Waals surface area contributed by atoms with Crippen LogP contribution in [0, 0.1) is 6.92 Å². The summed E-state index contributed by atoms with van der Waals surface area (Å²) in [5.41, 5.74) is 2.26. The summed E-state index contributed by atoms with van der Waals surface area (Å²) in [5, 5.41) is 5.59. The molecule has 1 N–H and O–H groups in total. The Hall–Kier alpha value is -3.91. The minimum atomic E-state index is -0.508. The van der Waals surface area contributed by atoms with Crippen LogP contribution in [0.4, 0.5) is 22.2 Å². The highest BCUT2D eigenvalue weighted by Crippen LogP contribution is 2.29. The Morgan fingerprint density at radius 3 is 2.61 bits per heavy atom. The number of carbonyl (C=O) groups excluding carboxylic acids is 2. The van der Waals surface area contributed by atoms with Gasteiger partial charge in [-0.3, -0.25) is 19.6 Å². The first-order chi connectivity index (χ1) is 15.9. The van der Waals surface area contributed by atoms with E-state index in [9.17, 15) is 9.59 Å². The van der Waals surface area contributed by atoms with Gasteiger partial charge in [0.1, 0.15) is 0 Å². The molecule has 2 aromatic carbocycles. The summed E-state index contributed by atoms with van der Waals surface area (Å²) in [6.45, 7) is 1.90. The molecule has 0 bridgehead atoms. The first-order valence-electron chi connectivity index (χ1n) is 10.3. The molecule has 0 aliphatic carbocycles. The fourth-order valence-corrected chi connectivity index (χ4v) is 3.87. The molecule has 4 rings (SSSR count). The lowest BCUT2D eigenvalue weighted by Gasteiger charge is -2.23. The molecule has 0 aliphatic rings. The van der Waals surface area contributed by atoms with Crippen molar-refractivity contribution in [1.29, 1.82) is 0 Å². The van der Waals surface area contributed by atoms with E-state index in [1.54, 1.807) is 19.4 Å². The van der Waals surface area contributed by atoms with E-state index in [0.29, 0.717) is 28.8 Å². The normalized spacial score (nSPS) is 10.8. The van der Waals surface area contributed by atoms with Crippen molar-refractivity contribution in [2.45, 2.75) is 13.5 Å². The Bertz CT molecular complexity index is 1320. The number of benzene rings is 2. The smallest absolute Gasteiger partial charge is 0.325 e. The average Bonchev–Trinajstić information content (AvgIpc) is 3.12. The van der Waals surface area contributed by atoms with Gasteiger partial charge in [0.15, 0.2) is 5.82 Å². The highest BCUT2D eigenvalue weighted by atomic mass is 35.5. The molecule has 2 heterocycles. The second-order valence-electron chi connectivity index (χ2n) is 7.60. The molecule has 33 heavy (non-hydrogen) atoms. The maximum absolute atomic E-state index is 13.2. The number of nitrogens with one attached hydrogen (secondary N) is 1. The third-order valence-electron chi connectivity index (χ3n) is 5.55. The molecule has 0 unspecified atom stereocenters. The van der Waals surface area contributed by atoms with E-state index in [-0.39, 0.29) is 6.54 Å². The number of nitrogens with zero attached hydrogens (tertiary/aromatic N) is 5. The summed E-state index contributed by atoms with van der Waals surface area (Å²) in [6, 6.07) is 14.6. The third-order valence-corrected chi connectivity index (χ3v) is 6.00. The number of anilines is 3. The number of pyridine rings is 1. The van der Waals surface area contributed by atoms with Gasteiger partial charge in [0.05, 0.1) is 17.3 Å². The van der Waals surface area contributed by atoms with Gasteiger partial charge in [-0.2, -0.15) is 4.98 Å². The summed E-state index contributed by atoms with van der Waals surface area (Å²) >= 11 is 6.57. The molecule has 0 aliphatic heterocycles. The predicted octanol–water partition coefficient (Wildman–Crippen LogP) is 4.89. The van der Waals surface area contributed by atoms with Crippen molar-refractivity contribution < 1.29 is 9.59 Å². The Kier molecular flexibility index (Phi) is 6.28. The van der Waals surface area contributed by atoms with E-state index in [4.69, 9.17) is 11.6 Å². The van der Waals surface area contributed by atoms with Gasteiger partial charge in [-0.1, -0.05) is 48.0 Å². The zero-order chi connectivity index (χ0) is 23.5. The summed E-state index contributed by atoms with van der Waals surface area (Å²) in [4.78, 5) is 36.1. The Morgan fingerprint density at radius 2 is 1.88 bits per heavy atom. The van der Waals surface area contributed by atoms with E-state index in [0.717, 1.165) is 27.1 Å². The van der Waals surface area contributed by atoms with E-state index in [1.165, 1.54) is 4.90 Å². The monoisotopic (exact) mass is 462 g/mol. The van der Waals surface area contributed by atoms with Crippen molar-refractivity contribution >= 4 is 52.3 Å². The number of rotatable bonds is 6. The number of hydrogen-bond donors (Lipinski definition) is 1. The van der Waals surface area contributed by atoms with Crippen LogP contribution in [-0.4, -0.2) is 38.9 Å². The van der Waals surface area contributed by atoms with Crippen molar-refractivity contribution in [3.8, 4) is 0 Å². The maximum atomic E-state index is 13.2. The Morgan fingerprint density at radius 1 is 1.15 bits per heavy atom. The average molecular weight is 463 g/mol. The lowest BCUT2D eigenvalue weighted by atomic mass is 10.1. The molecular formula is C24H23ClN6O2. The molecule has 4 aromatic rings. The van der Waals surface area contributed by atoms with Gasteiger partial charge in [-0.15, -0.1) is 0 Å². The second-order valence-corrected chi connectivity index (χ2v) is 7.98. The maximum Gasteiger partial charge on any atom is 0.332 e. The van der Waals surface area contributed by atoms with Crippen molar-refractivity contribution in [3.63, 3.8) is 0 Å². The van der Waals surface area contributed by atoms with Crippen LogP contribution >= 0.6 is 11.6 Å². The molecule has 0 radical (unpaired) electrons. The van der Waals surface area contributed by atoms with Crippen LogP contribution in [0.5, 0.6) is 0 Å². The quantitative estimate of drug-likeness (QED) is 0.412. The lowest BCUT2D eigenvalue weighted by molar-refractivity contribution is -0.115. The molecule has 3 amide bonds. The van der Waals surface area contributed by atoms with Crippen molar-refractivity contribution in [1.82, 2.24) is 19.4 Å². The topological polar surface area (TPSA) is 83.4 Å². The summed E-state index contributed by atoms with van der Waals surface area (Å²) < 4.78 is 1.84. The lowest BCUT2D eigenvalue weighted by Crippen LogP contribution is -2.40. The zero-order valence-electron chi connectivity index (χ0n) is 18.5. The van der Waals surface area contributed by atoms with Gasteiger partial charge >= 0.3 is 6.03 Å². The number of hydrogen-bond acceptors (Lipinski definition) is 5. The minimum absolute atomic E-state index is 0.0460. The van der Waals surface area contributed by atoms with Crippen molar-refractivity contribution in [3.05, 3.63) is 77.2 Å². The van der Waals surface area contributed by atoms with Gasteiger partial charge in [-0.05, 0) is 30.0 Å². The first-order valence-corrected chi connectivity index (χ1v) is 10.6. The molecule has 8 nitrogen and oxygen atoms in total. The predicted molar refractivity (Wildman–Crippen MR) is 130 cm³/mol. The number of urea groups is 1. The summed E-state index contributed by atoms with van der Waals surface area (Å²) in [7, 11) is 3.44. The largest absolute Gasteiger partial charge is 0.332 e. The van der Waals surface area contributed by atoms with Crippen LogP contribution in [0.25, 0.3) is 10.8 Å². The second kappa shape index (κ2) is 9.30. The fourth-order valence-electron chi connectivity index (χ4n) is 3.58. The molecule has 0 saturated carbocycles. The molecule has 0 saturated heterocycles. The number of imide groups is 1. The summed E-state index contributed by atoms with van der Waals surface area (Å²) in [6.07, 6.45) is 3.86. The molecule has 0 atom stereocenters. The molecule has 168 valence electrons. The summed E-state index contributed by atoms with van der Waals surface area (Å²) in [5.74, 6) is 0.999. The minimum Gasteiger partial charge on any atom is -0.325 e. The van der Waals surface area contributed by atoms with Gasteiger partial charge < -0.3 is 9.88 Å². The number of aromatic nitrogens is 3. The zero-order valence-corrected chi connectivity index (χ0v) is 19.2. The molecule has 9 heteroatoms. The fraction of sp³-hybridized carbons (Fsp3) is 0.167. The molecule has 0 fully saturated rings. The molecular weight excluding hydrogens is 440 g/mol. The van der Waals surface area contributed by atoms with Gasteiger partial charge in [0.25, 0.3) is 0 Å². The number of halogens is 1. The van der Waals surface area contributed by atoms with Crippen LogP contribution < -0.4 is 10.2 Å². The Labute approximate surface area is 196 Å². The van der Waals surface area contributed by atoms with Crippen molar-refractivity contribution in [2.24, 2.45) is 7.05 Å².